The molecule has 2 unspecified atom stereocenters. The highest BCUT2D eigenvalue weighted by atomic mass is 17.6. The third kappa shape index (κ3) is 6.97. The van der Waals surface area contributed by atoms with Crippen molar-refractivity contribution in [2.24, 2.45) is 11.8 Å². The van der Waals surface area contributed by atoms with Crippen LogP contribution in [0.2, 0.25) is 0 Å². The maximum Gasteiger partial charge on any atom is 0.233 e. The van der Waals surface area contributed by atoms with Gasteiger partial charge in [0.1, 0.15) is 13.2 Å². The highest BCUT2D eigenvalue weighted by Gasteiger charge is 2.30. The minimum absolute atomic E-state index is 0.0804. The number of ether oxygens (including phenoxy) is 1. The predicted octanol–water partition coefficient (Wildman–Crippen LogP) is 3.59. The van der Waals surface area contributed by atoms with Gasteiger partial charge in [0, 0.05) is 25.4 Å². The van der Waals surface area contributed by atoms with Crippen LogP contribution in [0.3, 0.4) is 0 Å². The summed E-state index contributed by atoms with van der Waals surface area (Å²) in [6.45, 7) is 6.02. The highest BCUT2D eigenvalue weighted by molar-refractivity contribution is 5.48. The van der Waals surface area contributed by atoms with E-state index in [0.29, 0.717) is 0 Å². The zero-order valence-electron chi connectivity index (χ0n) is 17.5. The molecule has 0 amide bonds. The van der Waals surface area contributed by atoms with Gasteiger partial charge in [0.2, 0.25) is 5.88 Å². The fourth-order valence-electron chi connectivity index (χ4n) is 4.29. The lowest BCUT2D eigenvalue weighted by Gasteiger charge is -2.41. The van der Waals surface area contributed by atoms with Crippen LogP contribution in [0.4, 0.5) is 0 Å². The van der Waals surface area contributed by atoms with Crippen molar-refractivity contribution in [1.82, 2.24) is 14.5 Å². The van der Waals surface area contributed by atoms with Gasteiger partial charge in [-0.05, 0) is 60.4 Å². The van der Waals surface area contributed by atoms with Gasteiger partial charge in [0.25, 0.3) is 0 Å². The molecule has 1 saturated carbocycles. The average Bonchev–Trinajstić information content (AvgIpc) is 3.20. The second-order valence-electron chi connectivity index (χ2n) is 7.63. The second-order valence-corrected chi connectivity index (χ2v) is 7.63. The van der Waals surface area contributed by atoms with Crippen LogP contribution in [0.15, 0.2) is 30.5 Å². The van der Waals surface area contributed by atoms with Crippen LogP contribution in [-0.4, -0.2) is 52.6 Å². The third-order valence-corrected chi connectivity index (χ3v) is 5.77. The Bertz CT molecular complexity index is 783. The van der Waals surface area contributed by atoms with Gasteiger partial charge in [-0.2, -0.15) is 4.89 Å². The van der Waals surface area contributed by atoms with Crippen LogP contribution >= 0.6 is 0 Å². The van der Waals surface area contributed by atoms with Crippen LogP contribution in [0.5, 0.6) is 5.88 Å². The molecule has 2 aromatic heterocycles. The molecule has 1 N–H and O–H groups in total. The van der Waals surface area contributed by atoms with Crippen molar-refractivity contribution in [2.45, 2.75) is 39.0 Å². The van der Waals surface area contributed by atoms with E-state index < -0.39 is 0 Å². The molecule has 2 aromatic rings. The number of piperidine rings is 1. The normalized spacial score (nSPS) is 21.1. The van der Waals surface area contributed by atoms with E-state index in [1.807, 2.05) is 35.0 Å². The number of hydrogen-bond acceptors (Lipinski definition) is 7. The van der Waals surface area contributed by atoms with Crippen molar-refractivity contribution in [3.63, 3.8) is 0 Å². The molecule has 8 heteroatoms. The molecule has 1 saturated heterocycles. The van der Waals surface area contributed by atoms with Crippen molar-refractivity contribution >= 4 is 5.52 Å². The molecule has 2 atom stereocenters. The fraction of sp³-hybridized carbons (Fsp3) is 0.591. The predicted molar refractivity (Wildman–Crippen MR) is 111 cm³/mol. The van der Waals surface area contributed by atoms with Crippen LogP contribution in [-0.2, 0) is 15.0 Å². The Balaban J connectivity index is 0.000000275. The number of nitrogens with zero attached hydrogens (tertiary/aromatic N) is 3. The largest absolute Gasteiger partial charge is 0.475 e. The van der Waals surface area contributed by atoms with E-state index in [9.17, 15) is 0 Å². The zero-order chi connectivity index (χ0) is 21.0. The minimum atomic E-state index is 0.0804. The molecule has 2 fully saturated rings. The van der Waals surface area contributed by atoms with E-state index in [1.165, 1.54) is 45.2 Å². The number of aromatic nitrogens is 2. The molecule has 8 nitrogen and oxygen atoms in total. The quantitative estimate of drug-likeness (QED) is 0.319. The van der Waals surface area contributed by atoms with Crippen LogP contribution in [0.1, 0.15) is 39.0 Å². The minimum Gasteiger partial charge on any atom is -0.475 e. The van der Waals surface area contributed by atoms with E-state index in [4.69, 9.17) is 9.99 Å². The average molecular weight is 418 g/mol. The Morgan fingerprint density at radius 1 is 1.20 bits per heavy atom. The standard InChI is InChI=1S/C18H25N3O.C4H6O4/c1-2-6-16-14-20(10-8-15(16)5-1)11-12-22-18-13-17-7-3-4-9-21(17)19-18;1-2-3-4-6-8-7-5/h3-4,7,9,13,15-16H,1-2,5-6,8,10-12,14H2;5H,4H2,1H3. The summed E-state index contributed by atoms with van der Waals surface area (Å²) in [6, 6.07) is 8.06. The molecule has 30 heavy (non-hydrogen) atoms. The summed E-state index contributed by atoms with van der Waals surface area (Å²) in [5, 5.41) is 18.6. The highest BCUT2D eigenvalue weighted by Crippen LogP contribution is 2.35. The van der Waals surface area contributed by atoms with Gasteiger partial charge < -0.3 is 4.74 Å². The van der Waals surface area contributed by atoms with Crippen molar-refractivity contribution < 1.29 is 25.0 Å². The Morgan fingerprint density at radius 2 is 2.07 bits per heavy atom. The van der Waals surface area contributed by atoms with Gasteiger partial charge in [-0.15, -0.1) is 11.0 Å². The first-order chi connectivity index (χ1) is 14.8. The summed E-state index contributed by atoms with van der Waals surface area (Å²) in [6.07, 6.45) is 9.14. The Kier molecular flexibility index (Phi) is 9.41. The summed E-state index contributed by atoms with van der Waals surface area (Å²) in [4.78, 5) is 6.66. The van der Waals surface area contributed by atoms with Crippen LogP contribution in [0, 0.1) is 23.7 Å². The monoisotopic (exact) mass is 417 g/mol. The summed E-state index contributed by atoms with van der Waals surface area (Å²) < 4.78 is 7.72. The second kappa shape index (κ2) is 12.5. The fourth-order valence-corrected chi connectivity index (χ4v) is 4.29. The van der Waals surface area contributed by atoms with Gasteiger partial charge in [0.15, 0.2) is 0 Å². The topological polar surface area (TPSA) is 77.7 Å². The first kappa shape index (κ1) is 22.5. The van der Waals surface area contributed by atoms with Crippen molar-refractivity contribution in [3.8, 4) is 17.7 Å². The van der Waals surface area contributed by atoms with Gasteiger partial charge in [-0.3, -0.25) is 4.90 Å². The van der Waals surface area contributed by atoms with Crippen molar-refractivity contribution in [3.05, 3.63) is 30.5 Å². The van der Waals surface area contributed by atoms with Gasteiger partial charge in [-0.25, -0.2) is 9.77 Å². The Labute approximate surface area is 177 Å². The van der Waals surface area contributed by atoms with Crippen molar-refractivity contribution in [1.29, 1.82) is 0 Å². The zero-order valence-corrected chi connectivity index (χ0v) is 17.5. The number of hydrogen-bond donors (Lipinski definition) is 1. The van der Waals surface area contributed by atoms with E-state index in [-0.39, 0.29) is 6.61 Å². The first-order valence-corrected chi connectivity index (χ1v) is 10.6. The maximum atomic E-state index is 7.47. The molecule has 0 spiro atoms. The summed E-state index contributed by atoms with van der Waals surface area (Å²) in [5.74, 6) is 7.71. The first-order valence-electron chi connectivity index (χ1n) is 10.6. The summed E-state index contributed by atoms with van der Waals surface area (Å²) in [7, 11) is 0. The smallest absolute Gasteiger partial charge is 0.233 e. The molecule has 1 aliphatic carbocycles. The van der Waals surface area contributed by atoms with Crippen LogP contribution in [0.25, 0.3) is 5.52 Å². The Morgan fingerprint density at radius 3 is 2.87 bits per heavy atom. The van der Waals surface area contributed by atoms with E-state index in [2.05, 4.69) is 36.8 Å². The van der Waals surface area contributed by atoms with Crippen LogP contribution < -0.4 is 4.74 Å². The van der Waals surface area contributed by atoms with Gasteiger partial charge in [-0.1, -0.05) is 31.2 Å². The molecular weight excluding hydrogens is 386 g/mol. The van der Waals surface area contributed by atoms with Crippen molar-refractivity contribution in [2.75, 3.05) is 32.8 Å². The third-order valence-electron chi connectivity index (χ3n) is 5.77. The molecule has 4 rings (SSSR count). The molecule has 0 radical (unpaired) electrons. The van der Waals surface area contributed by atoms with E-state index in [1.54, 1.807) is 6.92 Å². The maximum absolute atomic E-state index is 7.47. The molecule has 2 aliphatic rings. The van der Waals surface area contributed by atoms with Gasteiger partial charge in [0.05, 0.1) is 5.52 Å². The lowest BCUT2D eigenvalue weighted by Crippen LogP contribution is -2.43. The van der Waals surface area contributed by atoms with E-state index >= 15 is 0 Å². The summed E-state index contributed by atoms with van der Waals surface area (Å²) >= 11 is 0. The number of likely N-dealkylation sites (tertiary alicyclic amines) is 1. The lowest BCUT2D eigenvalue weighted by atomic mass is 9.75. The number of rotatable bonds is 7. The molecule has 1 aliphatic heterocycles. The van der Waals surface area contributed by atoms with E-state index in [0.717, 1.165) is 36.4 Å². The molecule has 0 aromatic carbocycles. The SMILES string of the molecule is CC#CCOOOO.c1ccn2nc(OCCN3CCC4CCCCC4C3)cc2c1. The molecule has 3 heterocycles. The Hall–Kier alpha value is -2.15. The number of pyridine rings is 1. The number of fused-ring (bicyclic) bond motifs is 2. The van der Waals surface area contributed by atoms with Gasteiger partial charge >= 0.3 is 0 Å². The molecular formula is C22H31N3O5. The summed E-state index contributed by atoms with van der Waals surface area (Å²) in [5.41, 5.74) is 1.08. The lowest BCUT2D eigenvalue weighted by molar-refractivity contribution is -0.620. The molecule has 0 bridgehead atoms. The molecule has 164 valence electrons.